The average molecular weight is 600 g/mol. The van der Waals surface area contributed by atoms with Crippen molar-refractivity contribution in [1.29, 1.82) is 0 Å². The van der Waals surface area contributed by atoms with Gasteiger partial charge in [-0.2, -0.15) is 0 Å². The molecule has 0 fully saturated rings. The van der Waals surface area contributed by atoms with E-state index in [0.29, 0.717) is 0 Å². The second-order valence-electron chi connectivity index (χ2n) is 0.974. The van der Waals surface area contributed by atoms with Crippen molar-refractivity contribution in [3.63, 3.8) is 0 Å². The molecule has 0 saturated carbocycles. The fourth-order valence-corrected chi connectivity index (χ4v) is 0. The summed E-state index contributed by atoms with van der Waals surface area (Å²) >= 11 is -0.818. The third kappa shape index (κ3) is 22.7. The van der Waals surface area contributed by atoms with Gasteiger partial charge in [-0.05, 0) is 0 Å². The monoisotopic (exact) mass is 602 g/mol. The number of rotatable bonds is 2. The van der Waals surface area contributed by atoms with Gasteiger partial charge in [-0.25, -0.2) is 0 Å². The molecule has 0 saturated heterocycles. The Balaban J connectivity index is 0. The van der Waals surface area contributed by atoms with E-state index in [9.17, 15) is 28.0 Å². The zero-order chi connectivity index (χ0) is 10.4. The molecular weight excluding hydrogens is 600 g/mol. The molecule has 0 aliphatic rings. The van der Waals surface area contributed by atoms with E-state index in [1.165, 1.54) is 0 Å². The zero-order valence-corrected chi connectivity index (χ0v) is 17.9. The maximum absolute atomic E-state index is 9.24. The van der Waals surface area contributed by atoms with Gasteiger partial charge in [0.2, 0.25) is 0 Å². The van der Waals surface area contributed by atoms with Crippen LogP contribution in [-0.2, 0) is 57.6 Å². The molecule has 8 nitrogen and oxygen atoms in total. The van der Waals surface area contributed by atoms with Crippen LogP contribution in [0.4, 0.5) is 0 Å². The van der Waals surface area contributed by atoms with Crippen molar-refractivity contribution in [3.05, 3.63) is 0 Å². The molecule has 0 bridgehead atoms. The van der Waals surface area contributed by atoms with Crippen LogP contribution in [0.2, 0.25) is 0 Å². The van der Waals surface area contributed by atoms with E-state index in [2.05, 4.69) is 4.39 Å². The molecule has 66 valence electrons. The van der Waals surface area contributed by atoms with E-state index in [1.807, 2.05) is 0 Å². The van der Waals surface area contributed by atoms with Gasteiger partial charge in [0.1, 0.15) is 0 Å². The fourth-order valence-electron chi connectivity index (χ4n) is 0. The minimum absolute atomic E-state index is 0.409. The van der Waals surface area contributed by atoms with Crippen molar-refractivity contribution in [3.8, 4) is 0 Å². The summed E-state index contributed by atoms with van der Waals surface area (Å²) in [5.74, 6) is 0. The first-order valence-electron chi connectivity index (χ1n) is 1.81. The van der Waals surface area contributed by atoms with E-state index in [0.717, 1.165) is 0 Å². The van der Waals surface area contributed by atoms with Gasteiger partial charge >= 0.3 is 106 Å². The van der Waals surface area contributed by atoms with Crippen molar-refractivity contribution in [1.82, 2.24) is 0 Å². The molecule has 0 amide bonds. The van der Waals surface area contributed by atoms with Crippen molar-refractivity contribution in [2.45, 2.75) is 0 Å². The summed E-state index contributed by atoms with van der Waals surface area (Å²) in [6, 6.07) is 0. The SMILES string of the molecule is [O-][Cl+3]([O-])([O-])[O][Hg].[O-][Cl+3]([O-])([O-])[O][Hg]. The van der Waals surface area contributed by atoms with E-state index >= 15 is 0 Å². The summed E-state index contributed by atoms with van der Waals surface area (Å²) in [4.78, 5) is 0. The Hall–Kier alpha value is 2.13. The van der Waals surface area contributed by atoms with Crippen LogP contribution in [0.1, 0.15) is 0 Å². The van der Waals surface area contributed by atoms with Gasteiger partial charge in [-0.3, -0.25) is 0 Å². The predicted molar refractivity (Wildman–Crippen MR) is 2.17 cm³/mol. The Morgan fingerprint density at radius 3 is 0.750 bits per heavy atom. The molecule has 0 N–H and O–H groups in total. The summed E-state index contributed by atoms with van der Waals surface area (Å²) in [5.41, 5.74) is 0. The standard InChI is InChI=1S/2ClHO4.2Hg/c2*2-1(3,4)5;;/h2*(H,2,3,4,5);;/q;;2*+1/p-2. The summed E-state index contributed by atoms with van der Waals surface area (Å²) in [6.45, 7) is 0. The Morgan fingerprint density at radius 2 is 0.750 bits per heavy atom. The molecule has 0 aromatic heterocycles. The molecule has 0 aromatic carbocycles. The third-order valence-corrected chi connectivity index (χ3v) is 7.04. The van der Waals surface area contributed by atoms with Crippen LogP contribution in [0.15, 0.2) is 0 Å². The summed E-state index contributed by atoms with van der Waals surface area (Å²) in [7, 11) is -8.18. The Kier molecular flexibility index (Phi) is 10.2. The van der Waals surface area contributed by atoms with Crippen molar-refractivity contribution in [2.24, 2.45) is 0 Å². The molecule has 0 aliphatic carbocycles. The number of halogens is 2. The van der Waals surface area contributed by atoms with E-state index < -0.39 is 73.6 Å². The average Bonchev–Trinajstić information content (AvgIpc) is 1.86. The fraction of sp³-hybridized carbons (Fsp3) is 0. The molecule has 0 atom stereocenters. The van der Waals surface area contributed by atoms with E-state index in [-0.39, 0.29) is 0 Å². The molecule has 0 aromatic rings. The maximum atomic E-state index is 9.24. The van der Waals surface area contributed by atoms with E-state index in [1.54, 1.807) is 0 Å². The first kappa shape index (κ1) is 16.6. The van der Waals surface area contributed by atoms with Crippen LogP contribution in [-0.4, -0.2) is 0 Å². The Labute approximate surface area is 105 Å². The second kappa shape index (κ2) is 7.43. The van der Waals surface area contributed by atoms with Crippen molar-refractivity contribution >= 4 is 0 Å². The molecule has 0 spiro atoms. The summed E-state index contributed by atoms with van der Waals surface area (Å²) in [6.07, 6.45) is 0. The molecule has 0 unspecified atom stereocenters. The summed E-state index contributed by atoms with van der Waals surface area (Å²) < 4.78 is 62.5. The van der Waals surface area contributed by atoms with Crippen molar-refractivity contribution in [2.75, 3.05) is 0 Å². The number of hydrogen-bond acceptors (Lipinski definition) is 8. The zero-order valence-electron chi connectivity index (χ0n) is 5.44. The van der Waals surface area contributed by atoms with Gasteiger partial charge in [0.25, 0.3) is 0 Å². The second-order valence-corrected chi connectivity index (χ2v) is 8.01. The number of hydrogen-bond donors (Lipinski definition) is 0. The van der Waals surface area contributed by atoms with Crippen molar-refractivity contribution < 1.29 is 106 Å². The Morgan fingerprint density at radius 1 is 0.667 bits per heavy atom. The van der Waals surface area contributed by atoms with Gasteiger partial charge < -0.3 is 0 Å². The topological polar surface area (TPSA) is 157 Å². The van der Waals surface area contributed by atoms with Crippen LogP contribution >= 0.6 is 0 Å². The molecule has 0 aliphatic heterocycles. The van der Waals surface area contributed by atoms with Crippen LogP contribution in [0.3, 0.4) is 0 Å². The van der Waals surface area contributed by atoms with Crippen LogP contribution in [0.25, 0.3) is 0 Å². The first-order valence-corrected chi connectivity index (χ1v) is 8.77. The first-order chi connectivity index (χ1) is 5.12. The Bertz CT molecular complexity index is 88.6. The molecule has 0 rings (SSSR count). The van der Waals surface area contributed by atoms with Gasteiger partial charge in [0, 0.05) is 0 Å². The molecule has 0 heterocycles. The van der Waals surface area contributed by atoms with Crippen LogP contribution in [0, 0.1) is 20.5 Å². The summed E-state index contributed by atoms with van der Waals surface area (Å²) in [5, 5.41) is 0. The normalized spacial score (nSPS) is 12.2. The van der Waals surface area contributed by atoms with Crippen LogP contribution in [0.5, 0.6) is 0 Å². The predicted octanol–water partition coefficient (Wildman–Crippen LogP) is -7.28. The third-order valence-electron chi connectivity index (χ3n) is 0.267. The van der Waals surface area contributed by atoms with Gasteiger partial charge in [-0.15, -0.1) is 0 Å². The molecule has 0 radical (unpaired) electrons. The molecular formula is Cl2Hg2O8. The van der Waals surface area contributed by atoms with Crippen LogP contribution < -0.4 is 28.0 Å². The van der Waals surface area contributed by atoms with Gasteiger partial charge in [0.15, 0.2) is 0 Å². The molecule has 12 heavy (non-hydrogen) atoms. The van der Waals surface area contributed by atoms with Gasteiger partial charge in [0.05, 0.1) is 0 Å². The minimum atomic E-state index is -4.09. The molecule has 12 heteroatoms. The van der Waals surface area contributed by atoms with Gasteiger partial charge in [-0.1, -0.05) is 0 Å². The quantitative estimate of drug-likeness (QED) is 0.283. The van der Waals surface area contributed by atoms with E-state index in [4.69, 9.17) is 0 Å².